The lowest BCUT2D eigenvalue weighted by Gasteiger charge is -2.00. The van der Waals surface area contributed by atoms with Crippen LogP contribution >= 0.6 is 0 Å². The van der Waals surface area contributed by atoms with Gasteiger partial charge in [-0.15, -0.1) is 0 Å². The second kappa shape index (κ2) is 5.39. The molecule has 0 spiro atoms. The van der Waals surface area contributed by atoms with Crippen LogP contribution < -0.4 is 0 Å². The zero-order valence-electron chi connectivity index (χ0n) is 12.4. The van der Waals surface area contributed by atoms with Crippen LogP contribution in [0.15, 0.2) is 51.6 Å². The van der Waals surface area contributed by atoms with Crippen molar-refractivity contribution in [3.63, 3.8) is 0 Å². The van der Waals surface area contributed by atoms with Crippen LogP contribution in [0, 0.1) is 0 Å². The Kier molecular flexibility index (Phi) is 3.22. The van der Waals surface area contributed by atoms with Crippen molar-refractivity contribution in [2.75, 3.05) is 7.11 Å². The minimum Gasteiger partial charge on any atom is -0.469 e. The molecule has 1 aliphatic carbocycles. The third-order valence-corrected chi connectivity index (χ3v) is 4.00. The van der Waals surface area contributed by atoms with Crippen LogP contribution in [-0.4, -0.2) is 23.2 Å². The molecule has 1 saturated carbocycles. The van der Waals surface area contributed by atoms with Crippen LogP contribution in [0.3, 0.4) is 0 Å². The molecule has 116 valence electrons. The van der Waals surface area contributed by atoms with Gasteiger partial charge < -0.3 is 13.7 Å². The fourth-order valence-corrected chi connectivity index (χ4v) is 2.69. The van der Waals surface area contributed by atoms with Crippen LogP contribution in [0.4, 0.5) is 0 Å². The van der Waals surface area contributed by atoms with E-state index in [-0.39, 0.29) is 5.92 Å². The fraction of sp³-hybridized carbons (Fsp3) is 0.235. The molecule has 4 rings (SSSR count). The molecule has 2 unspecified atom stereocenters. The summed E-state index contributed by atoms with van der Waals surface area (Å²) in [5, 5.41) is 4.02. The first-order valence-electron chi connectivity index (χ1n) is 7.32. The molecular weight excluding hydrogens is 296 g/mol. The van der Waals surface area contributed by atoms with E-state index in [1.54, 1.807) is 24.5 Å². The number of hydrogen-bond donors (Lipinski definition) is 0. The first-order chi connectivity index (χ1) is 11.3. The van der Waals surface area contributed by atoms with E-state index in [4.69, 9.17) is 13.7 Å². The lowest BCUT2D eigenvalue weighted by atomic mass is 10.1. The number of carbonyl (C=O) groups is 1. The van der Waals surface area contributed by atoms with Gasteiger partial charge in [-0.1, -0.05) is 17.3 Å². The maximum Gasteiger partial charge on any atom is 0.337 e. The van der Waals surface area contributed by atoms with Gasteiger partial charge in [-0.2, -0.15) is 4.98 Å². The zero-order valence-corrected chi connectivity index (χ0v) is 12.4. The quantitative estimate of drug-likeness (QED) is 0.687. The summed E-state index contributed by atoms with van der Waals surface area (Å²) in [7, 11) is 1.35. The number of hydrogen-bond acceptors (Lipinski definition) is 6. The van der Waals surface area contributed by atoms with Crippen molar-refractivity contribution in [3.8, 4) is 11.4 Å². The molecule has 0 N–H and O–H groups in total. The predicted octanol–water partition coefficient (Wildman–Crippen LogP) is 3.39. The molecule has 0 bridgehead atoms. The second-order valence-electron chi connectivity index (χ2n) is 5.49. The second-order valence-corrected chi connectivity index (χ2v) is 5.49. The Morgan fingerprint density at radius 1 is 1.26 bits per heavy atom. The molecule has 2 atom stereocenters. The van der Waals surface area contributed by atoms with E-state index in [1.807, 2.05) is 18.2 Å². The normalized spacial score (nSPS) is 19.5. The van der Waals surface area contributed by atoms with Gasteiger partial charge in [0.2, 0.25) is 11.7 Å². The molecule has 1 aromatic carbocycles. The maximum atomic E-state index is 11.6. The summed E-state index contributed by atoms with van der Waals surface area (Å²) < 4.78 is 15.5. The van der Waals surface area contributed by atoms with Gasteiger partial charge in [0.15, 0.2) is 0 Å². The van der Waals surface area contributed by atoms with E-state index >= 15 is 0 Å². The topological polar surface area (TPSA) is 78.4 Å². The number of ether oxygens (including phenoxy) is 1. The van der Waals surface area contributed by atoms with Crippen molar-refractivity contribution in [3.05, 3.63) is 59.9 Å². The van der Waals surface area contributed by atoms with Crippen molar-refractivity contribution in [2.24, 2.45) is 0 Å². The van der Waals surface area contributed by atoms with Crippen LogP contribution in [0.1, 0.15) is 40.3 Å². The summed E-state index contributed by atoms with van der Waals surface area (Å²) in [6, 6.07) is 10.8. The molecule has 0 saturated heterocycles. The van der Waals surface area contributed by atoms with Gasteiger partial charge in [-0.3, -0.25) is 0 Å². The summed E-state index contributed by atoms with van der Waals surface area (Å²) >= 11 is 0. The smallest absolute Gasteiger partial charge is 0.337 e. The molecule has 6 nitrogen and oxygen atoms in total. The van der Waals surface area contributed by atoms with E-state index in [0.717, 1.165) is 17.7 Å². The molecule has 1 aliphatic rings. The van der Waals surface area contributed by atoms with Gasteiger partial charge in [0.05, 0.1) is 18.9 Å². The van der Waals surface area contributed by atoms with E-state index < -0.39 is 5.97 Å². The molecule has 23 heavy (non-hydrogen) atoms. The number of rotatable bonds is 4. The van der Waals surface area contributed by atoms with Crippen LogP contribution in [0.5, 0.6) is 0 Å². The Bertz CT molecular complexity index is 838. The highest BCUT2D eigenvalue weighted by Gasteiger charge is 2.45. The predicted molar refractivity (Wildman–Crippen MR) is 79.9 cm³/mol. The number of benzene rings is 1. The Hall–Kier alpha value is -2.89. The number of furan rings is 1. The molecule has 0 radical (unpaired) electrons. The van der Waals surface area contributed by atoms with Gasteiger partial charge in [-0.25, -0.2) is 4.79 Å². The van der Waals surface area contributed by atoms with Crippen molar-refractivity contribution >= 4 is 5.97 Å². The lowest BCUT2D eigenvalue weighted by Crippen LogP contribution is -2.00. The SMILES string of the molecule is COC(=O)c1cccc(-c2noc(C3CC3c3ccco3)n2)c1. The Balaban J connectivity index is 1.56. The number of nitrogens with zero attached hydrogens (tertiary/aromatic N) is 2. The minimum absolute atomic E-state index is 0.200. The summed E-state index contributed by atoms with van der Waals surface area (Å²) in [4.78, 5) is 16.1. The summed E-state index contributed by atoms with van der Waals surface area (Å²) in [6.45, 7) is 0. The standard InChI is InChI=1S/C17H14N2O4/c1-21-17(20)11-5-2-4-10(8-11)15-18-16(23-19-15)13-9-12(13)14-6-3-7-22-14/h2-8,12-13H,9H2,1H3. The molecular formula is C17H14N2O4. The van der Waals surface area contributed by atoms with Crippen molar-refractivity contribution in [1.29, 1.82) is 0 Å². The van der Waals surface area contributed by atoms with Crippen LogP contribution in [-0.2, 0) is 4.74 Å². The van der Waals surface area contributed by atoms with E-state index in [9.17, 15) is 4.79 Å². The number of methoxy groups -OCH3 is 1. The summed E-state index contributed by atoms with van der Waals surface area (Å²) in [5.41, 5.74) is 1.18. The van der Waals surface area contributed by atoms with E-state index in [2.05, 4.69) is 10.1 Å². The van der Waals surface area contributed by atoms with E-state index in [0.29, 0.717) is 23.2 Å². The van der Waals surface area contributed by atoms with Gasteiger partial charge >= 0.3 is 5.97 Å². The van der Waals surface area contributed by atoms with Gasteiger partial charge in [0.25, 0.3) is 0 Å². The number of esters is 1. The highest BCUT2D eigenvalue weighted by molar-refractivity contribution is 5.90. The number of carbonyl (C=O) groups excluding carboxylic acids is 1. The summed E-state index contributed by atoms with van der Waals surface area (Å²) in [5.74, 6) is 2.13. The Labute approximate surface area is 132 Å². The van der Waals surface area contributed by atoms with Crippen molar-refractivity contribution < 1.29 is 18.5 Å². The van der Waals surface area contributed by atoms with Crippen LogP contribution in [0.25, 0.3) is 11.4 Å². The van der Waals surface area contributed by atoms with Gasteiger partial charge in [0.1, 0.15) is 5.76 Å². The van der Waals surface area contributed by atoms with E-state index in [1.165, 1.54) is 7.11 Å². The molecule has 1 fully saturated rings. The maximum absolute atomic E-state index is 11.6. The molecule has 2 aromatic heterocycles. The Morgan fingerprint density at radius 2 is 2.17 bits per heavy atom. The monoisotopic (exact) mass is 310 g/mol. The zero-order chi connectivity index (χ0) is 15.8. The molecule has 2 heterocycles. The fourth-order valence-electron chi connectivity index (χ4n) is 2.69. The highest BCUT2D eigenvalue weighted by atomic mass is 16.5. The third kappa shape index (κ3) is 2.52. The molecule has 0 aliphatic heterocycles. The molecule has 0 amide bonds. The first-order valence-corrected chi connectivity index (χ1v) is 7.32. The minimum atomic E-state index is -0.393. The van der Waals surface area contributed by atoms with Crippen molar-refractivity contribution in [2.45, 2.75) is 18.3 Å². The van der Waals surface area contributed by atoms with Crippen LogP contribution in [0.2, 0.25) is 0 Å². The molecule has 3 aromatic rings. The first kappa shape index (κ1) is 13.8. The van der Waals surface area contributed by atoms with Gasteiger partial charge in [-0.05, 0) is 30.7 Å². The average Bonchev–Trinajstić information content (AvgIpc) is 3.04. The Morgan fingerprint density at radius 3 is 2.96 bits per heavy atom. The highest BCUT2D eigenvalue weighted by Crippen LogP contribution is 2.54. The average molecular weight is 310 g/mol. The largest absolute Gasteiger partial charge is 0.469 e. The third-order valence-electron chi connectivity index (χ3n) is 4.00. The van der Waals surface area contributed by atoms with Crippen molar-refractivity contribution in [1.82, 2.24) is 10.1 Å². The summed E-state index contributed by atoms with van der Waals surface area (Å²) in [6.07, 6.45) is 2.61. The lowest BCUT2D eigenvalue weighted by molar-refractivity contribution is 0.0601. The number of aromatic nitrogens is 2. The molecule has 6 heteroatoms. The van der Waals surface area contributed by atoms with Gasteiger partial charge in [0, 0.05) is 17.4 Å².